The highest BCUT2D eigenvalue weighted by Gasteiger charge is 2.33. The SMILES string of the molecule is CCCN(C(=O)c1cn[nH]c1C)C1CC1. The van der Waals surface area contributed by atoms with Gasteiger partial charge in [-0.2, -0.15) is 5.10 Å². The van der Waals surface area contributed by atoms with E-state index < -0.39 is 0 Å². The number of carbonyl (C=O) groups is 1. The number of aromatic nitrogens is 2. The van der Waals surface area contributed by atoms with Gasteiger partial charge in [-0.05, 0) is 26.2 Å². The summed E-state index contributed by atoms with van der Waals surface area (Å²) in [6, 6.07) is 0.478. The molecule has 0 aliphatic heterocycles. The fraction of sp³-hybridized carbons (Fsp3) is 0.636. The Morgan fingerprint density at radius 1 is 1.67 bits per heavy atom. The molecule has 0 spiro atoms. The van der Waals surface area contributed by atoms with E-state index in [1.54, 1.807) is 6.20 Å². The van der Waals surface area contributed by atoms with E-state index in [0.29, 0.717) is 6.04 Å². The van der Waals surface area contributed by atoms with Crippen LogP contribution in [0.4, 0.5) is 0 Å². The van der Waals surface area contributed by atoms with Gasteiger partial charge in [0.25, 0.3) is 5.91 Å². The summed E-state index contributed by atoms with van der Waals surface area (Å²) in [5.41, 5.74) is 1.58. The second kappa shape index (κ2) is 4.04. The number of hydrogen-bond acceptors (Lipinski definition) is 2. The Kier molecular flexibility index (Phi) is 2.75. The van der Waals surface area contributed by atoms with Crippen LogP contribution in [0.1, 0.15) is 42.2 Å². The van der Waals surface area contributed by atoms with Crippen LogP contribution in [0, 0.1) is 6.92 Å². The van der Waals surface area contributed by atoms with Crippen molar-refractivity contribution in [3.8, 4) is 0 Å². The van der Waals surface area contributed by atoms with Gasteiger partial charge in [-0.25, -0.2) is 0 Å². The van der Waals surface area contributed by atoms with Crippen LogP contribution >= 0.6 is 0 Å². The van der Waals surface area contributed by atoms with Crippen molar-refractivity contribution in [2.75, 3.05) is 6.54 Å². The summed E-state index contributed by atoms with van der Waals surface area (Å²) in [6.07, 6.45) is 4.95. The molecule has 1 saturated carbocycles. The van der Waals surface area contributed by atoms with Gasteiger partial charge in [0.1, 0.15) is 0 Å². The second-order valence-corrected chi connectivity index (χ2v) is 4.14. The number of hydrogen-bond donors (Lipinski definition) is 1. The Morgan fingerprint density at radius 2 is 2.40 bits per heavy atom. The number of carbonyl (C=O) groups excluding carboxylic acids is 1. The highest BCUT2D eigenvalue weighted by Crippen LogP contribution is 2.28. The zero-order chi connectivity index (χ0) is 10.8. The molecule has 1 aliphatic carbocycles. The Labute approximate surface area is 89.7 Å². The molecule has 4 nitrogen and oxygen atoms in total. The minimum absolute atomic E-state index is 0.130. The Bertz CT molecular complexity index is 354. The van der Waals surface area contributed by atoms with Crippen LogP contribution in [0.5, 0.6) is 0 Å². The Morgan fingerprint density at radius 3 is 2.87 bits per heavy atom. The topological polar surface area (TPSA) is 49.0 Å². The van der Waals surface area contributed by atoms with Gasteiger partial charge in [-0.15, -0.1) is 0 Å². The van der Waals surface area contributed by atoms with Gasteiger partial charge in [0.05, 0.1) is 11.8 Å². The molecule has 0 aromatic carbocycles. The molecule has 0 bridgehead atoms. The highest BCUT2D eigenvalue weighted by atomic mass is 16.2. The molecular weight excluding hydrogens is 190 g/mol. The summed E-state index contributed by atoms with van der Waals surface area (Å²) in [5.74, 6) is 0.130. The summed E-state index contributed by atoms with van der Waals surface area (Å²) < 4.78 is 0. The summed E-state index contributed by atoms with van der Waals surface area (Å²) in [4.78, 5) is 14.1. The summed E-state index contributed by atoms with van der Waals surface area (Å²) >= 11 is 0. The number of aryl methyl sites for hydroxylation is 1. The van der Waals surface area contributed by atoms with E-state index in [1.807, 2.05) is 11.8 Å². The summed E-state index contributed by atoms with van der Waals surface area (Å²) in [5, 5.41) is 6.70. The first kappa shape index (κ1) is 10.2. The lowest BCUT2D eigenvalue weighted by atomic mass is 10.2. The van der Waals surface area contributed by atoms with Crippen molar-refractivity contribution >= 4 is 5.91 Å². The molecule has 0 saturated heterocycles. The maximum atomic E-state index is 12.2. The minimum Gasteiger partial charge on any atom is -0.336 e. The van der Waals surface area contributed by atoms with Crippen molar-refractivity contribution in [2.45, 2.75) is 39.2 Å². The first-order valence-corrected chi connectivity index (χ1v) is 5.55. The normalized spacial score (nSPS) is 15.3. The van der Waals surface area contributed by atoms with E-state index >= 15 is 0 Å². The molecule has 1 aromatic heterocycles. The minimum atomic E-state index is 0.130. The molecule has 4 heteroatoms. The van der Waals surface area contributed by atoms with Crippen molar-refractivity contribution in [1.29, 1.82) is 0 Å². The molecule has 15 heavy (non-hydrogen) atoms. The zero-order valence-electron chi connectivity index (χ0n) is 9.29. The van der Waals surface area contributed by atoms with E-state index in [9.17, 15) is 4.79 Å². The lowest BCUT2D eigenvalue weighted by molar-refractivity contribution is 0.0742. The van der Waals surface area contributed by atoms with Crippen molar-refractivity contribution in [3.63, 3.8) is 0 Å². The van der Waals surface area contributed by atoms with Crippen LogP contribution in [0.2, 0.25) is 0 Å². The van der Waals surface area contributed by atoms with E-state index in [2.05, 4.69) is 17.1 Å². The fourth-order valence-corrected chi connectivity index (χ4v) is 1.80. The highest BCUT2D eigenvalue weighted by molar-refractivity contribution is 5.95. The van der Waals surface area contributed by atoms with E-state index in [1.165, 1.54) is 0 Å². The number of H-pyrrole nitrogens is 1. The molecule has 1 amide bonds. The van der Waals surface area contributed by atoms with Crippen molar-refractivity contribution < 1.29 is 4.79 Å². The third kappa shape index (κ3) is 2.03. The molecule has 1 aliphatic rings. The van der Waals surface area contributed by atoms with Crippen LogP contribution in [-0.4, -0.2) is 33.6 Å². The molecule has 2 rings (SSSR count). The molecule has 0 atom stereocenters. The Balaban J connectivity index is 2.14. The molecule has 1 N–H and O–H groups in total. The van der Waals surface area contributed by atoms with E-state index in [-0.39, 0.29) is 5.91 Å². The quantitative estimate of drug-likeness (QED) is 0.817. The maximum Gasteiger partial charge on any atom is 0.257 e. The number of rotatable bonds is 4. The van der Waals surface area contributed by atoms with Gasteiger partial charge in [-0.1, -0.05) is 6.92 Å². The number of aromatic amines is 1. The summed E-state index contributed by atoms with van der Waals surface area (Å²) in [7, 11) is 0. The smallest absolute Gasteiger partial charge is 0.257 e. The predicted octanol–water partition coefficient (Wildman–Crippen LogP) is 1.73. The number of amides is 1. The van der Waals surface area contributed by atoms with Gasteiger partial charge < -0.3 is 4.90 Å². The molecule has 82 valence electrons. The molecular formula is C11H17N3O. The monoisotopic (exact) mass is 207 g/mol. The summed E-state index contributed by atoms with van der Waals surface area (Å²) in [6.45, 7) is 4.84. The molecule has 0 radical (unpaired) electrons. The standard InChI is InChI=1S/C11H17N3O/c1-3-6-14(9-4-5-9)11(15)10-7-12-13-8(10)2/h7,9H,3-6H2,1-2H3,(H,12,13). The zero-order valence-corrected chi connectivity index (χ0v) is 9.29. The van der Waals surface area contributed by atoms with Crippen molar-refractivity contribution in [2.24, 2.45) is 0 Å². The van der Waals surface area contributed by atoms with Crippen LogP contribution < -0.4 is 0 Å². The molecule has 0 unspecified atom stereocenters. The Hall–Kier alpha value is -1.32. The van der Waals surface area contributed by atoms with E-state index in [4.69, 9.17) is 0 Å². The van der Waals surface area contributed by atoms with Gasteiger partial charge in [-0.3, -0.25) is 9.89 Å². The van der Waals surface area contributed by atoms with Crippen molar-refractivity contribution in [1.82, 2.24) is 15.1 Å². The predicted molar refractivity (Wildman–Crippen MR) is 57.7 cm³/mol. The number of nitrogens with zero attached hydrogens (tertiary/aromatic N) is 2. The lowest BCUT2D eigenvalue weighted by Crippen LogP contribution is -2.33. The van der Waals surface area contributed by atoms with Gasteiger partial charge >= 0.3 is 0 Å². The third-order valence-corrected chi connectivity index (χ3v) is 2.77. The van der Waals surface area contributed by atoms with Crippen LogP contribution in [-0.2, 0) is 0 Å². The molecule has 1 heterocycles. The van der Waals surface area contributed by atoms with E-state index in [0.717, 1.165) is 37.1 Å². The van der Waals surface area contributed by atoms with Crippen LogP contribution in [0.25, 0.3) is 0 Å². The first-order chi connectivity index (χ1) is 7.24. The van der Waals surface area contributed by atoms with Crippen molar-refractivity contribution in [3.05, 3.63) is 17.5 Å². The van der Waals surface area contributed by atoms with Gasteiger partial charge in [0.15, 0.2) is 0 Å². The second-order valence-electron chi connectivity index (χ2n) is 4.14. The van der Waals surface area contributed by atoms with Crippen LogP contribution in [0.15, 0.2) is 6.20 Å². The molecule has 1 fully saturated rings. The van der Waals surface area contributed by atoms with Crippen LogP contribution in [0.3, 0.4) is 0 Å². The third-order valence-electron chi connectivity index (χ3n) is 2.77. The number of nitrogens with one attached hydrogen (secondary N) is 1. The van der Waals surface area contributed by atoms with Gasteiger partial charge in [0, 0.05) is 18.3 Å². The van der Waals surface area contributed by atoms with Gasteiger partial charge in [0.2, 0.25) is 0 Å². The average molecular weight is 207 g/mol. The average Bonchev–Trinajstić information content (AvgIpc) is 2.97. The molecule has 1 aromatic rings. The maximum absolute atomic E-state index is 12.2. The lowest BCUT2D eigenvalue weighted by Gasteiger charge is -2.21. The fourth-order valence-electron chi connectivity index (χ4n) is 1.80. The largest absolute Gasteiger partial charge is 0.336 e. The first-order valence-electron chi connectivity index (χ1n) is 5.55.